The molecule has 1 atom stereocenters. The maximum Gasteiger partial charge on any atom is 0.270 e. The first-order valence-corrected chi connectivity index (χ1v) is 11.0. The van der Waals surface area contributed by atoms with Crippen molar-refractivity contribution in [2.45, 2.75) is 13.3 Å². The number of nitrogens with zero attached hydrogens (tertiary/aromatic N) is 3. The Bertz CT molecular complexity index is 1010. The van der Waals surface area contributed by atoms with E-state index in [4.69, 9.17) is 11.6 Å². The zero-order chi connectivity index (χ0) is 21.0. The molecule has 0 aliphatic carbocycles. The van der Waals surface area contributed by atoms with Gasteiger partial charge >= 0.3 is 0 Å². The fourth-order valence-corrected chi connectivity index (χ4v) is 4.14. The first kappa shape index (κ1) is 21.1. The Kier molecular flexibility index (Phi) is 6.76. The van der Waals surface area contributed by atoms with Crippen LogP contribution in [0.3, 0.4) is 0 Å². The lowest BCUT2D eigenvalue weighted by Crippen LogP contribution is -2.34. The normalized spacial score (nSPS) is 14.8. The average Bonchev–Trinajstić information content (AvgIpc) is 2.84. The summed E-state index contributed by atoms with van der Waals surface area (Å²) in [6.07, 6.45) is 0.560. The molecule has 0 fully saturated rings. The lowest BCUT2D eigenvalue weighted by Gasteiger charge is -2.23. The molecule has 1 aliphatic heterocycles. The van der Waals surface area contributed by atoms with Crippen LogP contribution in [0.2, 0.25) is 5.02 Å². The molecule has 152 valence electrons. The second-order valence-corrected chi connectivity index (χ2v) is 8.71. The van der Waals surface area contributed by atoms with E-state index in [1.807, 2.05) is 6.92 Å². The van der Waals surface area contributed by atoms with E-state index in [2.05, 4.69) is 4.99 Å². The van der Waals surface area contributed by atoms with Crippen LogP contribution in [0.25, 0.3) is 0 Å². The third-order valence-corrected chi connectivity index (χ3v) is 6.33. The van der Waals surface area contributed by atoms with Crippen molar-refractivity contribution in [3.05, 3.63) is 68.7 Å². The standard InChI is InChI=1S/C20H20ClN3O4S/c1-2-29(28)11-5-10-23-18-9-8-14(24(26)27)12-16(18)20(22-13-19(23)25)15-6-3-4-7-17(15)21/h3-4,6-9,12H,2,5,10-11,13H2,1H3. The van der Waals surface area contributed by atoms with Gasteiger partial charge < -0.3 is 4.90 Å². The number of amides is 1. The zero-order valence-corrected chi connectivity index (χ0v) is 17.4. The number of nitro groups is 1. The Morgan fingerprint density at radius 3 is 2.69 bits per heavy atom. The minimum absolute atomic E-state index is 0.0927. The maximum absolute atomic E-state index is 12.8. The Hall–Kier alpha value is -2.58. The van der Waals surface area contributed by atoms with Crippen LogP contribution >= 0.6 is 11.6 Å². The highest BCUT2D eigenvalue weighted by atomic mass is 35.5. The molecule has 1 amide bonds. The topological polar surface area (TPSA) is 92.9 Å². The lowest BCUT2D eigenvalue weighted by atomic mass is 9.99. The molecule has 1 unspecified atom stereocenters. The van der Waals surface area contributed by atoms with E-state index in [1.54, 1.807) is 35.2 Å². The number of hydrogen-bond acceptors (Lipinski definition) is 5. The minimum atomic E-state index is -0.928. The minimum Gasteiger partial charge on any atom is -0.310 e. The third kappa shape index (κ3) is 4.71. The Morgan fingerprint density at radius 1 is 1.24 bits per heavy atom. The molecule has 0 saturated heterocycles. The highest BCUT2D eigenvalue weighted by Gasteiger charge is 2.27. The molecule has 0 radical (unpaired) electrons. The fourth-order valence-electron chi connectivity index (χ4n) is 3.17. The molecule has 3 rings (SSSR count). The number of fused-ring (bicyclic) bond motifs is 1. The number of benzene rings is 2. The number of rotatable bonds is 7. The number of halogens is 1. The molecular weight excluding hydrogens is 414 g/mol. The molecule has 0 bridgehead atoms. The Labute approximate surface area is 176 Å². The van der Waals surface area contributed by atoms with Crippen molar-refractivity contribution in [3.8, 4) is 0 Å². The van der Waals surface area contributed by atoms with Crippen molar-refractivity contribution in [2.75, 3.05) is 29.5 Å². The van der Waals surface area contributed by atoms with E-state index in [-0.39, 0.29) is 18.1 Å². The second kappa shape index (κ2) is 9.28. The number of carbonyl (C=O) groups excluding carboxylic acids is 1. The molecule has 0 saturated carbocycles. The second-order valence-electron chi connectivity index (χ2n) is 6.43. The number of anilines is 1. The summed E-state index contributed by atoms with van der Waals surface area (Å²) in [6, 6.07) is 11.4. The van der Waals surface area contributed by atoms with Gasteiger partial charge in [-0.25, -0.2) is 0 Å². The number of carbonyl (C=O) groups is 1. The summed E-state index contributed by atoms with van der Waals surface area (Å²) in [7, 11) is -0.928. The van der Waals surface area contributed by atoms with Crippen LogP contribution < -0.4 is 4.90 Å². The van der Waals surface area contributed by atoms with Gasteiger partial charge in [-0.1, -0.05) is 36.7 Å². The fraction of sp³-hybridized carbons (Fsp3) is 0.300. The molecule has 1 aliphatic rings. The maximum atomic E-state index is 12.8. The van der Waals surface area contributed by atoms with Gasteiger partial charge in [-0.15, -0.1) is 0 Å². The Balaban J connectivity index is 2.07. The molecule has 29 heavy (non-hydrogen) atoms. The SMILES string of the molecule is CCS(=O)CCCN1C(=O)CN=C(c2ccccc2Cl)c2cc([N+](=O)[O-])ccc21. The van der Waals surface area contributed by atoms with Crippen molar-refractivity contribution in [1.82, 2.24) is 0 Å². The van der Waals surface area contributed by atoms with E-state index >= 15 is 0 Å². The van der Waals surface area contributed by atoms with Crippen LogP contribution in [-0.4, -0.2) is 45.3 Å². The molecule has 0 N–H and O–H groups in total. The Morgan fingerprint density at radius 2 is 2.00 bits per heavy atom. The van der Waals surface area contributed by atoms with Crippen LogP contribution in [-0.2, 0) is 15.6 Å². The van der Waals surface area contributed by atoms with Crippen molar-refractivity contribution >= 4 is 45.4 Å². The molecule has 0 aromatic heterocycles. The largest absolute Gasteiger partial charge is 0.310 e. The van der Waals surface area contributed by atoms with Crippen LogP contribution in [0, 0.1) is 10.1 Å². The van der Waals surface area contributed by atoms with Gasteiger partial charge in [0.25, 0.3) is 5.69 Å². The highest BCUT2D eigenvalue weighted by molar-refractivity contribution is 7.84. The number of aliphatic imine (C=N–C) groups is 1. The molecule has 0 spiro atoms. The smallest absolute Gasteiger partial charge is 0.270 e. The molecular formula is C20H20ClN3O4S. The van der Waals surface area contributed by atoms with Gasteiger partial charge in [-0.2, -0.15) is 0 Å². The summed E-state index contributed by atoms with van der Waals surface area (Å²) in [5, 5.41) is 11.8. The number of hydrogen-bond donors (Lipinski definition) is 0. The van der Waals surface area contributed by atoms with E-state index in [1.165, 1.54) is 12.1 Å². The van der Waals surface area contributed by atoms with Gasteiger partial charge in [0, 0.05) is 57.1 Å². The van der Waals surface area contributed by atoms with E-state index in [0.29, 0.717) is 52.0 Å². The van der Waals surface area contributed by atoms with Gasteiger partial charge in [0.2, 0.25) is 5.91 Å². The van der Waals surface area contributed by atoms with Crippen LogP contribution in [0.15, 0.2) is 47.5 Å². The van der Waals surface area contributed by atoms with Crippen LogP contribution in [0.5, 0.6) is 0 Å². The van der Waals surface area contributed by atoms with E-state index < -0.39 is 15.7 Å². The van der Waals surface area contributed by atoms with Crippen molar-refractivity contribution in [2.24, 2.45) is 4.99 Å². The molecule has 2 aromatic rings. The van der Waals surface area contributed by atoms with Crippen LogP contribution in [0.4, 0.5) is 11.4 Å². The summed E-state index contributed by atoms with van der Waals surface area (Å²) in [6.45, 7) is 2.12. The summed E-state index contributed by atoms with van der Waals surface area (Å²) in [5.74, 6) is 0.835. The predicted molar refractivity (Wildman–Crippen MR) is 116 cm³/mol. The van der Waals surface area contributed by atoms with E-state index in [0.717, 1.165) is 0 Å². The van der Waals surface area contributed by atoms with Crippen molar-refractivity contribution in [3.63, 3.8) is 0 Å². The molecule has 9 heteroatoms. The van der Waals surface area contributed by atoms with Gasteiger partial charge in [0.1, 0.15) is 6.54 Å². The quantitative estimate of drug-likeness (QED) is 0.492. The first-order chi connectivity index (χ1) is 13.9. The van der Waals surface area contributed by atoms with Gasteiger partial charge in [-0.3, -0.25) is 24.1 Å². The number of benzodiazepines with no additional fused rings is 1. The first-order valence-electron chi connectivity index (χ1n) is 9.16. The lowest BCUT2D eigenvalue weighted by molar-refractivity contribution is -0.384. The average molecular weight is 434 g/mol. The molecule has 7 nitrogen and oxygen atoms in total. The monoisotopic (exact) mass is 433 g/mol. The number of non-ortho nitro benzene ring substituents is 1. The van der Waals surface area contributed by atoms with Crippen molar-refractivity contribution in [1.29, 1.82) is 0 Å². The third-order valence-electron chi connectivity index (χ3n) is 4.62. The van der Waals surface area contributed by atoms with Gasteiger partial charge in [0.15, 0.2) is 0 Å². The zero-order valence-electron chi connectivity index (χ0n) is 15.8. The summed E-state index contributed by atoms with van der Waals surface area (Å²) in [5.41, 5.74) is 1.98. The molecule has 2 aromatic carbocycles. The number of nitro benzene ring substituents is 1. The van der Waals surface area contributed by atoms with Crippen LogP contribution in [0.1, 0.15) is 24.5 Å². The van der Waals surface area contributed by atoms with Crippen molar-refractivity contribution < 1.29 is 13.9 Å². The molecule has 1 heterocycles. The summed E-state index contributed by atoms with van der Waals surface area (Å²) in [4.78, 5) is 29.6. The van der Waals surface area contributed by atoms with E-state index in [9.17, 15) is 19.1 Å². The summed E-state index contributed by atoms with van der Waals surface area (Å²) < 4.78 is 11.7. The van der Waals surface area contributed by atoms with Gasteiger partial charge in [0.05, 0.1) is 16.3 Å². The highest BCUT2D eigenvalue weighted by Crippen LogP contribution is 2.32. The predicted octanol–water partition coefficient (Wildman–Crippen LogP) is 3.59. The van der Waals surface area contributed by atoms with Gasteiger partial charge in [-0.05, 0) is 18.6 Å². The summed E-state index contributed by atoms with van der Waals surface area (Å²) >= 11 is 6.34.